The van der Waals surface area contributed by atoms with E-state index >= 15 is 0 Å². The van der Waals surface area contributed by atoms with E-state index in [9.17, 15) is 9.59 Å². The summed E-state index contributed by atoms with van der Waals surface area (Å²) in [7, 11) is 0. The molecule has 5 heteroatoms. The molecule has 0 unspecified atom stereocenters. The quantitative estimate of drug-likeness (QED) is 0.586. The van der Waals surface area contributed by atoms with E-state index in [0.717, 1.165) is 16.8 Å². The summed E-state index contributed by atoms with van der Waals surface area (Å²) in [6, 6.07) is 7.58. The normalized spacial score (nSPS) is 15.6. The number of nitrogens with zero attached hydrogens (tertiary/aromatic N) is 3. The molecule has 0 aromatic heterocycles. The van der Waals surface area contributed by atoms with Gasteiger partial charge < -0.3 is 9.80 Å². The first-order valence-electron chi connectivity index (χ1n) is 6.10. The van der Waals surface area contributed by atoms with Gasteiger partial charge in [-0.15, -0.1) is 0 Å². The van der Waals surface area contributed by atoms with E-state index in [-0.39, 0.29) is 6.54 Å². The van der Waals surface area contributed by atoms with E-state index < -0.39 is 11.8 Å². The van der Waals surface area contributed by atoms with Crippen molar-refractivity contribution in [3.05, 3.63) is 29.3 Å². The largest absolute Gasteiger partial charge is 0.319 e. The van der Waals surface area contributed by atoms with Gasteiger partial charge in [-0.25, -0.2) is 0 Å². The molecule has 1 aromatic rings. The standard InChI is InChI=1S/C14H15N3O2/c1-10-4-3-5-12(11(10)2)17-9-8-16(7-6-15)13(18)14(17)19/h3-5H,7-9H2,1-2H3. The van der Waals surface area contributed by atoms with Crippen LogP contribution in [0.2, 0.25) is 0 Å². The Hall–Kier alpha value is -2.35. The van der Waals surface area contributed by atoms with Gasteiger partial charge in [-0.1, -0.05) is 12.1 Å². The van der Waals surface area contributed by atoms with Gasteiger partial charge in [-0.05, 0) is 31.0 Å². The highest BCUT2D eigenvalue weighted by molar-refractivity contribution is 6.41. The molecule has 5 nitrogen and oxygen atoms in total. The molecule has 2 amide bonds. The van der Waals surface area contributed by atoms with Crippen LogP contribution in [0.25, 0.3) is 0 Å². The maximum atomic E-state index is 12.1. The maximum absolute atomic E-state index is 12.1. The Balaban J connectivity index is 2.29. The first-order chi connectivity index (χ1) is 9.06. The van der Waals surface area contributed by atoms with E-state index in [2.05, 4.69) is 0 Å². The van der Waals surface area contributed by atoms with Gasteiger partial charge in [-0.2, -0.15) is 5.26 Å². The molecule has 98 valence electrons. The van der Waals surface area contributed by atoms with Crippen molar-refractivity contribution in [3.8, 4) is 6.07 Å². The predicted molar refractivity (Wildman–Crippen MR) is 70.5 cm³/mol. The van der Waals surface area contributed by atoms with E-state index in [1.54, 1.807) is 0 Å². The van der Waals surface area contributed by atoms with Crippen molar-refractivity contribution in [1.29, 1.82) is 5.26 Å². The number of aryl methyl sites for hydroxylation is 1. The van der Waals surface area contributed by atoms with Gasteiger partial charge in [0.25, 0.3) is 0 Å². The number of anilines is 1. The molecular weight excluding hydrogens is 242 g/mol. The Morgan fingerprint density at radius 3 is 2.63 bits per heavy atom. The van der Waals surface area contributed by atoms with Crippen molar-refractivity contribution in [2.75, 3.05) is 24.5 Å². The highest BCUT2D eigenvalue weighted by Crippen LogP contribution is 2.24. The van der Waals surface area contributed by atoms with Gasteiger partial charge in [0.05, 0.1) is 6.07 Å². The Bertz CT molecular complexity index is 575. The van der Waals surface area contributed by atoms with Gasteiger partial charge in [-0.3, -0.25) is 9.59 Å². The molecule has 0 bridgehead atoms. The first kappa shape index (κ1) is 13.1. The number of benzene rings is 1. The summed E-state index contributed by atoms with van der Waals surface area (Å²) in [6.45, 7) is 4.69. The minimum absolute atomic E-state index is 0.0365. The highest BCUT2D eigenvalue weighted by Gasteiger charge is 2.33. The molecule has 1 aliphatic rings. The smallest absolute Gasteiger partial charge is 0.316 e. The molecule has 1 aromatic carbocycles. The molecule has 0 radical (unpaired) electrons. The SMILES string of the molecule is Cc1cccc(N2CCN(CC#N)C(=O)C2=O)c1C. The zero-order chi connectivity index (χ0) is 14.0. The van der Waals surface area contributed by atoms with E-state index in [4.69, 9.17) is 5.26 Å². The average molecular weight is 257 g/mol. The first-order valence-corrected chi connectivity index (χ1v) is 6.10. The summed E-state index contributed by atoms with van der Waals surface area (Å²) in [5.74, 6) is -1.16. The third-order valence-corrected chi connectivity index (χ3v) is 3.44. The zero-order valence-corrected chi connectivity index (χ0v) is 11.0. The zero-order valence-electron chi connectivity index (χ0n) is 11.0. The monoisotopic (exact) mass is 257 g/mol. The lowest BCUT2D eigenvalue weighted by atomic mass is 10.1. The molecule has 0 saturated carbocycles. The molecule has 1 aliphatic heterocycles. The van der Waals surface area contributed by atoms with E-state index in [0.29, 0.717) is 13.1 Å². The number of carbonyl (C=O) groups excluding carboxylic acids is 2. The highest BCUT2D eigenvalue weighted by atomic mass is 16.2. The van der Waals surface area contributed by atoms with Crippen molar-refractivity contribution >= 4 is 17.5 Å². The minimum atomic E-state index is -0.603. The van der Waals surface area contributed by atoms with E-state index in [1.165, 1.54) is 9.80 Å². The van der Waals surface area contributed by atoms with Gasteiger partial charge in [0, 0.05) is 18.8 Å². The topological polar surface area (TPSA) is 64.4 Å². The average Bonchev–Trinajstić information content (AvgIpc) is 2.39. The lowest BCUT2D eigenvalue weighted by Gasteiger charge is -2.33. The van der Waals surface area contributed by atoms with Crippen LogP contribution in [0.4, 0.5) is 5.69 Å². The van der Waals surface area contributed by atoms with Crippen LogP contribution in [0.15, 0.2) is 18.2 Å². The van der Waals surface area contributed by atoms with Crippen LogP contribution in [0.5, 0.6) is 0 Å². The number of hydrogen-bond donors (Lipinski definition) is 0. The summed E-state index contributed by atoms with van der Waals surface area (Å²) in [5.41, 5.74) is 2.85. The van der Waals surface area contributed by atoms with Crippen LogP contribution in [0, 0.1) is 25.2 Å². The lowest BCUT2D eigenvalue weighted by molar-refractivity contribution is -0.145. The molecule has 2 rings (SSSR count). The second-order valence-corrected chi connectivity index (χ2v) is 4.56. The molecule has 19 heavy (non-hydrogen) atoms. The number of hydrogen-bond acceptors (Lipinski definition) is 3. The van der Waals surface area contributed by atoms with Crippen LogP contribution < -0.4 is 4.90 Å². The maximum Gasteiger partial charge on any atom is 0.316 e. The lowest BCUT2D eigenvalue weighted by Crippen LogP contribution is -2.54. The summed E-state index contributed by atoms with van der Waals surface area (Å²) >= 11 is 0. The molecule has 0 N–H and O–H groups in total. The summed E-state index contributed by atoms with van der Waals surface area (Å²) in [6.07, 6.45) is 0. The minimum Gasteiger partial charge on any atom is -0.319 e. The third kappa shape index (κ3) is 2.29. The third-order valence-electron chi connectivity index (χ3n) is 3.44. The van der Waals surface area contributed by atoms with Crippen molar-refractivity contribution < 1.29 is 9.59 Å². The van der Waals surface area contributed by atoms with Crippen LogP contribution in [-0.4, -0.2) is 36.3 Å². The fourth-order valence-electron chi connectivity index (χ4n) is 2.17. The summed E-state index contributed by atoms with van der Waals surface area (Å²) in [5, 5.41) is 8.62. The van der Waals surface area contributed by atoms with Crippen LogP contribution in [0.3, 0.4) is 0 Å². The molecule has 0 aliphatic carbocycles. The van der Waals surface area contributed by atoms with Gasteiger partial charge in [0.15, 0.2) is 0 Å². The Morgan fingerprint density at radius 2 is 1.95 bits per heavy atom. The van der Waals surface area contributed by atoms with Crippen LogP contribution >= 0.6 is 0 Å². The van der Waals surface area contributed by atoms with Crippen molar-refractivity contribution in [2.45, 2.75) is 13.8 Å². The fourth-order valence-corrected chi connectivity index (χ4v) is 2.17. The van der Waals surface area contributed by atoms with E-state index in [1.807, 2.05) is 38.1 Å². The Labute approximate surface area is 112 Å². The Morgan fingerprint density at radius 1 is 1.21 bits per heavy atom. The number of carbonyl (C=O) groups is 2. The van der Waals surface area contributed by atoms with Crippen molar-refractivity contribution in [3.63, 3.8) is 0 Å². The summed E-state index contributed by atoms with van der Waals surface area (Å²) in [4.78, 5) is 26.8. The molecule has 0 spiro atoms. The van der Waals surface area contributed by atoms with Gasteiger partial charge in [0.2, 0.25) is 0 Å². The van der Waals surface area contributed by atoms with Crippen molar-refractivity contribution in [1.82, 2.24) is 4.90 Å². The van der Waals surface area contributed by atoms with Crippen LogP contribution in [0.1, 0.15) is 11.1 Å². The number of nitriles is 1. The molecule has 1 fully saturated rings. The second kappa shape index (κ2) is 5.11. The predicted octanol–water partition coefficient (Wildman–Crippen LogP) is 1.00. The number of piperazine rings is 1. The molecule has 1 saturated heterocycles. The Kier molecular flexibility index (Phi) is 3.52. The molecule has 1 heterocycles. The van der Waals surface area contributed by atoms with Crippen molar-refractivity contribution in [2.24, 2.45) is 0 Å². The molecule has 0 atom stereocenters. The summed E-state index contributed by atoms with van der Waals surface area (Å²) < 4.78 is 0. The molecular formula is C14H15N3O2. The number of amides is 2. The van der Waals surface area contributed by atoms with Crippen LogP contribution in [-0.2, 0) is 9.59 Å². The van der Waals surface area contributed by atoms with Gasteiger partial charge in [0.1, 0.15) is 6.54 Å². The fraction of sp³-hybridized carbons (Fsp3) is 0.357. The van der Waals surface area contributed by atoms with Gasteiger partial charge >= 0.3 is 11.8 Å². The number of rotatable bonds is 2. The second-order valence-electron chi connectivity index (χ2n) is 4.56.